The van der Waals surface area contributed by atoms with E-state index in [2.05, 4.69) is 4.90 Å². The monoisotopic (exact) mass is 213 g/mol. The van der Waals surface area contributed by atoms with Crippen LogP contribution in [0.25, 0.3) is 0 Å². The van der Waals surface area contributed by atoms with Crippen molar-refractivity contribution in [1.82, 2.24) is 4.90 Å². The van der Waals surface area contributed by atoms with Crippen LogP contribution >= 0.6 is 0 Å². The summed E-state index contributed by atoms with van der Waals surface area (Å²) in [5, 5.41) is 18.1. The minimum absolute atomic E-state index is 0.0121. The molecule has 15 heavy (non-hydrogen) atoms. The van der Waals surface area contributed by atoms with Crippen molar-refractivity contribution in [2.45, 2.75) is 38.2 Å². The third kappa shape index (κ3) is 3.16. The Morgan fingerprint density at radius 1 is 1.07 bits per heavy atom. The molecule has 0 bridgehead atoms. The van der Waals surface area contributed by atoms with E-state index >= 15 is 0 Å². The minimum atomic E-state index is -0.0121. The van der Waals surface area contributed by atoms with Gasteiger partial charge >= 0.3 is 0 Å². The predicted octanol–water partition coefficient (Wildman–Crippen LogP) is 0.852. The Hall–Kier alpha value is -0.120. The molecule has 0 atom stereocenters. The number of aliphatic hydroxyl groups is 2. The van der Waals surface area contributed by atoms with Crippen LogP contribution < -0.4 is 0 Å². The number of rotatable bonds is 4. The van der Waals surface area contributed by atoms with Gasteiger partial charge in [0.2, 0.25) is 0 Å². The second-order valence-corrected chi connectivity index (χ2v) is 5.25. The van der Waals surface area contributed by atoms with Crippen molar-refractivity contribution in [2.75, 3.05) is 26.2 Å². The standard InChI is InChI=1S/C12H23NO2/c14-6-3-10-1-4-13(5-2-10)9-11-7-12(15)8-11/h10-12,14-15H,1-9H2. The summed E-state index contributed by atoms with van der Waals surface area (Å²) in [6, 6.07) is 0. The van der Waals surface area contributed by atoms with Crippen LogP contribution in [0.3, 0.4) is 0 Å². The molecule has 2 fully saturated rings. The first-order valence-corrected chi connectivity index (χ1v) is 6.29. The molecule has 2 N–H and O–H groups in total. The van der Waals surface area contributed by atoms with E-state index in [-0.39, 0.29) is 6.10 Å². The molecule has 0 unspecified atom stereocenters. The molecule has 0 aromatic rings. The van der Waals surface area contributed by atoms with Gasteiger partial charge in [-0.15, -0.1) is 0 Å². The quantitative estimate of drug-likeness (QED) is 0.727. The van der Waals surface area contributed by atoms with Gasteiger partial charge in [-0.25, -0.2) is 0 Å². The normalized spacial score (nSPS) is 34.0. The molecule has 2 aliphatic rings. The Kier molecular flexibility index (Phi) is 4.00. The highest BCUT2D eigenvalue weighted by molar-refractivity contribution is 4.83. The summed E-state index contributed by atoms with van der Waals surface area (Å²) in [4.78, 5) is 2.53. The van der Waals surface area contributed by atoms with Crippen LogP contribution in [0.4, 0.5) is 0 Å². The Morgan fingerprint density at radius 2 is 1.73 bits per heavy atom. The van der Waals surface area contributed by atoms with E-state index in [0.717, 1.165) is 31.1 Å². The smallest absolute Gasteiger partial charge is 0.0546 e. The van der Waals surface area contributed by atoms with Crippen LogP contribution in [0.5, 0.6) is 0 Å². The molecule has 1 heterocycles. The highest BCUT2D eigenvalue weighted by Crippen LogP contribution is 2.29. The molecular weight excluding hydrogens is 190 g/mol. The molecule has 0 aromatic carbocycles. The molecule has 88 valence electrons. The van der Waals surface area contributed by atoms with Gasteiger partial charge in [0.05, 0.1) is 6.10 Å². The van der Waals surface area contributed by atoms with Gasteiger partial charge in [0.1, 0.15) is 0 Å². The fraction of sp³-hybridized carbons (Fsp3) is 1.00. The van der Waals surface area contributed by atoms with E-state index in [1.807, 2.05) is 0 Å². The Labute approximate surface area is 92.1 Å². The van der Waals surface area contributed by atoms with Gasteiger partial charge in [-0.2, -0.15) is 0 Å². The van der Waals surface area contributed by atoms with E-state index in [0.29, 0.717) is 6.61 Å². The zero-order chi connectivity index (χ0) is 10.7. The largest absolute Gasteiger partial charge is 0.396 e. The summed E-state index contributed by atoms with van der Waals surface area (Å²) in [7, 11) is 0. The lowest BCUT2D eigenvalue weighted by Gasteiger charge is -2.38. The summed E-state index contributed by atoms with van der Waals surface area (Å²) in [5.41, 5.74) is 0. The second-order valence-electron chi connectivity index (χ2n) is 5.25. The van der Waals surface area contributed by atoms with Crippen LogP contribution in [-0.2, 0) is 0 Å². The average molecular weight is 213 g/mol. The molecule has 3 heteroatoms. The molecule has 1 saturated carbocycles. The summed E-state index contributed by atoms with van der Waals surface area (Å²) < 4.78 is 0. The number of likely N-dealkylation sites (tertiary alicyclic amines) is 1. The molecule has 2 rings (SSSR count). The summed E-state index contributed by atoms with van der Waals surface area (Å²) in [5.74, 6) is 1.49. The summed E-state index contributed by atoms with van der Waals surface area (Å²) in [6.07, 6.45) is 5.48. The molecule has 0 aromatic heterocycles. The Bertz CT molecular complexity index is 184. The molecule has 1 saturated heterocycles. The summed E-state index contributed by atoms with van der Waals surface area (Å²) in [6.45, 7) is 3.91. The highest BCUT2D eigenvalue weighted by atomic mass is 16.3. The van der Waals surface area contributed by atoms with Crippen molar-refractivity contribution in [1.29, 1.82) is 0 Å². The van der Waals surface area contributed by atoms with Gasteiger partial charge in [0, 0.05) is 13.2 Å². The maximum absolute atomic E-state index is 9.21. The topological polar surface area (TPSA) is 43.7 Å². The molecule has 0 spiro atoms. The van der Waals surface area contributed by atoms with Crippen LogP contribution in [0.2, 0.25) is 0 Å². The fourth-order valence-electron chi connectivity index (χ4n) is 2.85. The third-order valence-corrected chi connectivity index (χ3v) is 3.97. The number of hydrogen-bond acceptors (Lipinski definition) is 3. The molecule has 1 aliphatic carbocycles. The first-order chi connectivity index (χ1) is 7.28. The van der Waals surface area contributed by atoms with Gasteiger partial charge in [-0.1, -0.05) is 0 Å². The molecule has 0 amide bonds. The maximum Gasteiger partial charge on any atom is 0.0546 e. The molecule has 1 aliphatic heterocycles. The van der Waals surface area contributed by atoms with Gasteiger partial charge in [-0.05, 0) is 57.0 Å². The van der Waals surface area contributed by atoms with Crippen LogP contribution in [0, 0.1) is 11.8 Å². The lowest BCUT2D eigenvalue weighted by atomic mass is 9.81. The molecule has 3 nitrogen and oxygen atoms in total. The minimum Gasteiger partial charge on any atom is -0.396 e. The number of nitrogens with zero attached hydrogens (tertiary/aromatic N) is 1. The lowest BCUT2D eigenvalue weighted by molar-refractivity contribution is 0.0177. The predicted molar refractivity (Wildman–Crippen MR) is 59.6 cm³/mol. The average Bonchev–Trinajstić information content (AvgIpc) is 2.19. The van der Waals surface area contributed by atoms with Gasteiger partial charge in [-0.3, -0.25) is 0 Å². The van der Waals surface area contributed by atoms with Crippen molar-refractivity contribution < 1.29 is 10.2 Å². The maximum atomic E-state index is 9.21. The van der Waals surface area contributed by atoms with Crippen LogP contribution in [-0.4, -0.2) is 47.5 Å². The van der Waals surface area contributed by atoms with Crippen molar-refractivity contribution in [3.05, 3.63) is 0 Å². The van der Waals surface area contributed by atoms with E-state index in [1.54, 1.807) is 0 Å². The van der Waals surface area contributed by atoms with Gasteiger partial charge in [0.25, 0.3) is 0 Å². The van der Waals surface area contributed by atoms with Crippen LogP contribution in [0.15, 0.2) is 0 Å². The summed E-state index contributed by atoms with van der Waals surface area (Å²) >= 11 is 0. The zero-order valence-corrected chi connectivity index (χ0v) is 9.44. The zero-order valence-electron chi connectivity index (χ0n) is 9.44. The number of hydrogen-bond donors (Lipinski definition) is 2. The molecule has 0 radical (unpaired) electrons. The van der Waals surface area contributed by atoms with Gasteiger partial charge in [0.15, 0.2) is 0 Å². The van der Waals surface area contributed by atoms with E-state index in [4.69, 9.17) is 5.11 Å². The second kappa shape index (κ2) is 5.28. The molecular formula is C12H23NO2. The SMILES string of the molecule is OCCC1CCN(CC2CC(O)C2)CC1. The van der Waals surface area contributed by atoms with E-state index in [9.17, 15) is 5.11 Å². The van der Waals surface area contributed by atoms with E-state index < -0.39 is 0 Å². The number of piperidine rings is 1. The first kappa shape index (κ1) is 11.4. The highest BCUT2D eigenvalue weighted by Gasteiger charge is 2.29. The van der Waals surface area contributed by atoms with E-state index in [1.165, 1.54) is 32.5 Å². The fourth-order valence-corrected chi connectivity index (χ4v) is 2.85. The van der Waals surface area contributed by atoms with Crippen molar-refractivity contribution in [2.24, 2.45) is 11.8 Å². The Balaban J connectivity index is 1.61. The van der Waals surface area contributed by atoms with Crippen molar-refractivity contribution in [3.63, 3.8) is 0 Å². The van der Waals surface area contributed by atoms with Crippen LogP contribution in [0.1, 0.15) is 32.1 Å². The third-order valence-electron chi connectivity index (χ3n) is 3.97. The van der Waals surface area contributed by atoms with Gasteiger partial charge < -0.3 is 15.1 Å². The van der Waals surface area contributed by atoms with Crippen molar-refractivity contribution in [3.8, 4) is 0 Å². The lowest BCUT2D eigenvalue weighted by Crippen LogP contribution is -2.42. The van der Waals surface area contributed by atoms with Crippen molar-refractivity contribution >= 4 is 0 Å². The Morgan fingerprint density at radius 3 is 2.27 bits per heavy atom. The first-order valence-electron chi connectivity index (χ1n) is 6.29. The number of aliphatic hydroxyl groups excluding tert-OH is 2.